The van der Waals surface area contributed by atoms with E-state index in [4.69, 9.17) is 19.9 Å². The molecule has 2 aromatic carbocycles. The maximum atomic E-state index is 10.3. The second-order valence-electron chi connectivity index (χ2n) is 5.83. The predicted octanol–water partition coefficient (Wildman–Crippen LogP) is 3.83. The van der Waals surface area contributed by atoms with Crippen molar-refractivity contribution in [2.24, 2.45) is 7.05 Å². The Hall–Kier alpha value is -2.87. The molecule has 8 heteroatoms. The van der Waals surface area contributed by atoms with Gasteiger partial charge in [0, 0.05) is 18.2 Å². The average Bonchev–Trinajstić information content (AvgIpc) is 3.05. The van der Waals surface area contributed by atoms with Crippen molar-refractivity contribution in [3.63, 3.8) is 0 Å². The fourth-order valence-corrected chi connectivity index (χ4v) is 3.48. The number of rotatable bonds is 5. The van der Waals surface area contributed by atoms with E-state index in [1.165, 1.54) is 7.11 Å². The molecule has 0 atom stereocenters. The molecule has 3 aromatic rings. The molecule has 0 fully saturated rings. The zero-order chi connectivity index (χ0) is 19.7. The number of hydrogen-bond donors (Lipinski definition) is 2. The van der Waals surface area contributed by atoms with Gasteiger partial charge in [-0.25, -0.2) is 4.98 Å². The van der Waals surface area contributed by atoms with Crippen molar-refractivity contribution in [1.29, 1.82) is 0 Å². The molecule has 0 bridgehead atoms. The van der Waals surface area contributed by atoms with E-state index in [2.05, 4.69) is 20.9 Å². The molecule has 27 heavy (non-hydrogen) atoms. The molecule has 1 heterocycles. The molecule has 0 unspecified atom stereocenters. The molecule has 0 aliphatic heterocycles. The highest BCUT2D eigenvalue weighted by Gasteiger charge is 2.21. The van der Waals surface area contributed by atoms with Crippen LogP contribution in [0.3, 0.4) is 0 Å². The summed E-state index contributed by atoms with van der Waals surface area (Å²) < 4.78 is 18.6. The number of aromatic nitrogens is 2. The first-order chi connectivity index (χ1) is 12.9. The second kappa shape index (κ2) is 7.40. The predicted molar refractivity (Wildman–Crippen MR) is 108 cm³/mol. The van der Waals surface area contributed by atoms with Crippen molar-refractivity contribution in [2.45, 2.75) is 0 Å². The van der Waals surface area contributed by atoms with Crippen LogP contribution in [-0.4, -0.2) is 36.0 Å². The Morgan fingerprint density at radius 1 is 1.04 bits per heavy atom. The van der Waals surface area contributed by atoms with Crippen LogP contribution in [0, 0.1) is 0 Å². The number of imidazole rings is 1. The molecule has 0 saturated carbocycles. The number of nitrogen functional groups attached to an aromatic ring is 1. The van der Waals surface area contributed by atoms with Gasteiger partial charge in [-0.2, -0.15) is 0 Å². The third-order valence-corrected chi connectivity index (χ3v) is 5.09. The van der Waals surface area contributed by atoms with E-state index < -0.39 is 0 Å². The van der Waals surface area contributed by atoms with Gasteiger partial charge >= 0.3 is 0 Å². The number of halogens is 1. The van der Waals surface area contributed by atoms with Gasteiger partial charge in [-0.3, -0.25) is 0 Å². The highest BCUT2D eigenvalue weighted by Crippen LogP contribution is 2.44. The topological polar surface area (TPSA) is 91.8 Å². The van der Waals surface area contributed by atoms with Crippen molar-refractivity contribution in [1.82, 2.24) is 9.55 Å². The number of phenols is 1. The number of benzene rings is 2. The highest BCUT2D eigenvalue weighted by atomic mass is 79.9. The van der Waals surface area contributed by atoms with E-state index >= 15 is 0 Å². The molecule has 1 aromatic heterocycles. The molecule has 3 rings (SSSR count). The maximum Gasteiger partial charge on any atom is 0.181 e. The molecule has 0 aliphatic carbocycles. The molecule has 0 radical (unpaired) electrons. The Morgan fingerprint density at radius 2 is 1.63 bits per heavy atom. The summed E-state index contributed by atoms with van der Waals surface area (Å²) in [5.74, 6) is 1.44. The highest BCUT2D eigenvalue weighted by molar-refractivity contribution is 9.10. The van der Waals surface area contributed by atoms with Crippen molar-refractivity contribution in [2.75, 3.05) is 27.1 Å². The summed E-state index contributed by atoms with van der Waals surface area (Å²) in [7, 11) is 6.51. The van der Waals surface area contributed by atoms with Crippen LogP contribution >= 0.6 is 15.9 Å². The normalized spacial score (nSPS) is 10.7. The lowest BCUT2D eigenvalue weighted by atomic mass is 10.0. The number of aryl methyl sites for hydroxylation is 1. The summed E-state index contributed by atoms with van der Waals surface area (Å²) in [6, 6.07) is 7.18. The van der Waals surface area contributed by atoms with Crippen molar-refractivity contribution in [3.05, 3.63) is 35.1 Å². The zero-order valence-electron chi connectivity index (χ0n) is 15.4. The summed E-state index contributed by atoms with van der Waals surface area (Å²) in [6.07, 6.45) is 1.69. The quantitative estimate of drug-likeness (QED) is 0.469. The minimum atomic E-state index is -0.104. The first-order valence-electron chi connectivity index (χ1n) is 8.01. The lowest BCUT2D eigenvalue weighted by molar-refractivity contribution is 0.375. The second-order valence-corrected chi connectivity index (χ2v) is 6.62. The third-order valence-electron chi connectivity index (χ3n) is 4.31. The average molecular weight is 434 g/mol. The molecular formula is C19H20BrN3O4. The van der Waals surface area contributed by atoms with E-state index in [0.29, 0.717) is 28.5 Å². The Morgan fingerprint density at radius 3 is 2.19 bits per heavy atom. The van der Waals surface area contributed by atoms with Crippen molar-refractivity contribution in [3.8, 4) is 45.5 Å². The van der Waals surface area contributed by atoms with Gasteiger partial charge < -0.3 is 29.6 Å². The van der Waals surface area contributed by atoms with Crippen LogP contribution in [-0.2, 0) is 7.05 Å². The molecule has 0 saturated heterocycles. The van der Waals surface area contributed by atoms with Crippen molar-refractivity contribution < 1.29 is 19.3 Å². The van der Waals surface area contributed by atoms with Crippen LogP contribution in [0.25, 0.3) is 22.5 Å². The summed E-state index contributed by atoms with van der Waals surface area (Å²) in [6.45, 7) is 0. The first-order valence-corrected chi connectivity index (χ1v) is 8.81. The molecule has 142 valence electrons. The fraction of sp³-hybridized carbons (Fsp3) is 0.211. The van der Waals surface area contributed by atoms with Crippen molar-refractivity contribution >= 4 is 21.6 Å². The van der Waals surface area contributed by atoms with Gasteiger partial charge in [0.1, 0.15) is 16.0 Å². The number of nitrogens with two attached hydrogens (primary N) is 1. The molecule has 0 aliphatic rings. The smallest absolute Gasteiger partial charge is 0.181 e. The Labute approximate surface area is 165 Å². The fourth-order valence-electron chi connectivity index (χ4n) is 2.92. The van der Waals surface area contributed by atoms with Gasteiger partial charge in [-0.05, 0) is 40.2 Å². The number of ether oxygens (including phenoxy) is 3. The summed E-state index contributed by atoms with van der Waals surface area (Å²) >= 11 is 3.47. The number of methoxy groups -OCH3 is 3. The molecule has 3 N–H and O–H groups in total. The lowest BCUT2D eigenvalue weighted by Gasteiger charge is -2.14. The van der Waals surface area contributed by atoms with Crippen LogP contribution in [0.1, 0.15) is 0 Å². The van der Waals surface area contributed by atoms with Gasteiger partial charge in [-0.1, -0.05) is 0 Å². The number of hydrogen-bond acceptors (Lipinski definition) is 6. The Bertz CT molecular complexity index is 976. The number of anilines is 1. The molecule has 0 spiro atoms. The van der Waals surface area contributed by atoms with E-state index in [-0.39, 0.29) is 11.4 Å². The minimum Gasteiger partial charge on any atom is -0.503 e. The van der Waals surface area contributed by atoms with E-state index in [0.717, 1.165) is 15.7 Å². The van der Waals surface area contributed by atoms with E-state index in [9.17, 15) is 5.11 Å². The summed E-state index contributed by atoms with van der Waals surface area (Å²) in [4.78, 5) is 4.52. The lowest BCUT2D eigenvalue weighted by Crippen LogP contribution is -1.99. The van der Waals surface area contributed by atoms with Crippen LogP contribution in [0.2, 0.25) is 0 Å². The zero-order valence-corrected chi connectivity index (χ0v) is 17.0. The summed E-state index contributed by atoms with van der Waals surface area (Å²) in [5, 5.41) is 10.3. The standard InChI is InChI=1S/C19H20BrN3O4/c1-23-9-22-17(10-7-13(26-3)15(20)14(8-10)27-4)18(23)11-5-6-12(25-2)19(24)16(11)21/h5-9,24H,21H2,1-4H3. The molecule has 7 nitrogen and oxygen atoms in total. The minimum absolute atomic E-state index is 0.104. The monoisotopic (exact) mass is 433 g/mol. The van der Waals surface area contributed by atoms with Gasteiger partial charge in [0.2, 0.25) is 0 Å². The maximum absolute atomic E-state index is 10.3. The van der Waals surface area contributed by atoms with Crippen LogP contribution in [0.15, 0.2) is 35.1 Å². The van der Waals surface area contributed by atoms with Gasteiger partial charge in [0.15, 0.2) is 11.5 Å². The van der Waals surface area contributed by atoms with Crippen LogP contribution < -0.4 is 19.9 Å². The van der Waals surface area contributed by atoms with Crippen LogP contribution in [0.5, 0.6) is 23.0 Å². The van der Waals surface area contributed by atoms with Gasteiger partial charge in [0.05, 0.1) is 44.7 Å². The first kappa shape index (κ1) is 18.9. The largest absolute Gasteiger partial charge is 0.503 e. The third kappa shape index (κ3) is 3.16. The molecule has 0 amide bonds. The van der Waals surface area contributed by atoms with E-state index in [1.807, 2.05) is 23.7 Å². The number of phenolic OH excluding ortho intramolecular Hbond substituents is 1. The van der Waals surface area contributed by atoms with E-state index in [1.54, 1.807) is 32.7 Å². The molecular weight excluding hydrogens is 414 g/mol. The number of aromatic hydroxyl groups is 1. The van der Waals surface area contributed by atoms with Crippen LogP contribution in [0.4, 0.5) is 5.69 Å². The van der Waals surface area contributed by atoms with Gasteiger partial charge in [-0.15, -0.1) is 0 Å². The Balaban J connectivity index is 2.25. The Kier molecular flexibility index (Phi) is 5.18. The summed E-state index contributed by atoms with van der Waals surface area (Å²) in [5.41, 5.74) is 9.25. The SMILES string of the molecule is COc1ccc(-c2c(-c3cc(OC)c(Br)c(OC)c3)ncn2C)c(N)c1O. The van der Waals surface area contributed by atoms with Gasteiger partial charge in [0.25, 0.3) is 0 Å². The number of nitrogens with zero attached hydrogens (tertiary/aromatic N) is 2.